The largest absolute Gasteiger partial charge is 0.330 e. The maximum absolute atomic E-state index is 11.5. The molecule has 0 unspecified atom stereocenters. The summed E-state index contributed by atoms with van der Waals surface area (Å²) in [5.41, 5.74) is 7.22. The number of nitrogens with zero attached hydrogens (tertiary/aromatic N) is 5. The second kappa shape index (κ2) is 6.58. The van der Waals surface area contributed by atoms with Gasteiger partial charge in [-0.25, -0.2) is 9.67 Å². The van der Waals surface area contributed by atoms with Crippen LogP contribution in [0.3, 0.4) is 0 Å². The first-order valence-electron chi connectivity index (χ1n) is 6.45. The summed E-state index contributed by atoms with van der Waals surface area (Å²) < 4.78 is 1.73. The first-order valence-corrected chi connectivity index (χ1v) is 7.33. The Morgan fingerprint density at radius 2 is 2.30 bits per heavy atom. The third-order valence-corrected chi connectivity index (χ3v) is 3.69. The quantitative estimate of drug-likeness (QED) is 0.845. The standard InChI is InChI=1S/C12H18N6OS/c1-3-18(9(2)19)12-14-11(8-20-12)7-17-6-10(4-5-13)15-16-17/h6,8H,3-5,7,13H2,1-2H3. The minimum atomic E-state index is -0.000567. The second-order valence-electron chi connectivity index (χ2n) is 4.33. The van der Waals surface area contributed by atoms with Crippen LogP contribution in [0, 0.1) is 0 Å². The van der Waals surface area contributed by atoms with Crippen LogP contribution in [-0.2, 0) is 17.8 Å². The van der Waals surface area contributed by atoms with Gasteiger partial charge in [-0.1, -0.05) is 5.21 Å². The molecule has 20 heavy (non-hydrogen) atoms. The van der Waals surface area contributed by atoms with Crippen LogP contribution < -0.4 is 10.6 Å². The fraction of sp³-hybridized carbons (Fsp3) is 0.500. The summed E-state index contributed by atoms with van der Waals surface area (Å²) >= 11 is 1.46. The van der Waals surface area contributed by atoms with Crippen LogP contribution in [0.4, 0.5) is 5.13 Å². The predicted molar refractivity (Wildman–Crippen MR) is 77.7 cm³/mol. The first-order chi connectivity index (χ1) is 9.63. The molecule has 7 nitrogen and oxygen atoms in total. The highest BCUT2D eigenvalue weighted by Gasteiger charge is 2.13. The SMILES string of the molecule is CCN(C(C)=O)c1nc(Cn2cc(CCN)nn2)cs1. The van der Waals surface area contributed by atoms with Gasteiger partial charge in [-0.3, -0.25) is 9.69 Å². The average molecular weight is 294 g/mol. The number of rotatable bonds is 6. The van der Waals surface area contributed by atoms with Gasteiger partial charge in [-0.15, -0.1) is 16.4 Å². The lowest BCUT2D eigenvalue weighted by Crippen LogP contribution is -2.27. The van der Waals surface area contributed by atoms with Crippen LogP contribution in [0.5, 0.6) is 0 Å². The van der Waals surface area contributed by atoms with E-state index in [1.54, 1.807) is 16.5 Å². The molecule has 0 spiro atoms. The van der Waals surface area contributed by atoms with Crippen LogP contribution in [0.2, 0.25) is 0 Å². The molecule has 0 saturated heterocycles. The number of hydrogen-bond acceptors (Lipinski definition) is 6. The summed E-state index contributed by atoms with van der Waals surface area (Å²) in [5, 5.41) is 10.7. The van der Waals surface area contributed by atoms with Gasteiger partial charge in [0.25, 0.3) is 0 Å². The summed E-state index contributed by atoms with van der Waals surface area (Å²) in [5.74, 6) is -0.000567. The van der Waals surface area contributed by atoms with Crippen molar-refractivity contribution >= 4 is 22.4 Å². The number of nitrogens with two attached hydrogens (primary N) is 1. The number of amides is 1. The number of aromatic nitrogens is 4. The van der Waals surface area contributed by atoms with E-state index >= 15 is 0 Å². The molecule has 0 aromatic carbocycles. The Balaban J connectivity index is 2.06. The summed E-state index contributed by atoms with van der Waals surface area (Å²) in [6, 6.07) is 0. The van der Waals surface area contributed by atoms with Crippen LogP contribution in [-0.4, -0.2) is 39.0 Å². The van der Waals surface area contributed by atoms with Gasteiger partial charge in [0.2, 0.25) is 5.91 Å². The lowest BCUT2D eigenvalue weighted by molar-refractivity contribution is -0.116. The van der Waals surface area contributed by atoms with Gasteiger partial charge >= 0.3 is 0 Å². The molecule has 108 valence electrons. The van der Waals surface area contributed by atoms with E-state index in [2.05, 4.69) is 15.3 Å². The molecule has 2 aromatic rings. The molecular weight excluding hydrogens is 276 g/mol. The maximum Gasteiger partial charge on any atom is 0.225 e. The highest BCUT2D eigenvalue weighted by atomic mass is 32.1. The van der Waals surface area contributed by atoms with E-state index in [9.17, 15) is 4.79 Å². The van der Waals surface area contributed by atoms with Gasteiger partial charge < -0.3 is 5.73 Å². The van der Waals surface area contributed by atoms with Crippen LogP contribution in [0.1, 0.15) is 25.2 Å². The Labute approximate surface area is 121 Å². The minimum absolute atomic E-state index is 0.000567. The smallest absolute Gasteiger partial charge is 0.225 e. The van der Waals surface area contributed by atoms with Crippen LogP contribution >= 0.6 is 11.3 Å². The molecule has 0 radical (unpaired) electrons. The van der Waals surface area contributed by atoms with Crippen molar-refractivity contribution in [3.63, 3.8) is 0 Å². The molecule has 0 fully saturated rings. The number of carbonyl (C=O) groups is 1. The number of carbonyl (C=O) groups excluding carboxylic acids is 1. The van der Waals surface area contributed by atoms with Crippen molar-refractivity contribution in [2.45, 2.75) is 26.8 Å². The van der Waals surface area contributed by atoms with E-state index in [0.29, 0.717) is 19.6 Å². The van der Waals surface area contributed by atoms with Crippen molar-refractivity contribution in [3.05, 3.63) is 23.0 Å². The van der Waals surface area contributed by atoms with Crippen LogP contribution in [0.15, 0.2) is 11.6 Å². The Bertz CT molecular complexity index is 578. The molecule has 2 aromatic heterocycles. The fourth-order valence-corrected chi connectivity index (χ4v) is 2.75. The molecule has 0 bridgehead atoms. The Morgan fingerprint density at radius 3 is 2.95 bits per heavy atom. The molecule has 2 rings (SSSR count). The zero-order valence-corrected chi connectivity index (χ0v) is 12.4. The summed E-state index contributed by atoms with van der Waals surface area (Å²) in [4.78, 5) is 17.6. The van der Waals surface area contributed by atoms with Gasteiger partial charge in [0.15, 0.2) is 5.13 Å². The Morgan fingerprint density at radius 1 is 1.50 bits per heavy atom. The number of thiazole rings is 1. The summed E-state index contributed by atoms with van der Waals surface area (Å²) in [6.45, 7) is 5.19. The third-order valence-electron chi connectivity index (χ3n) is 2.78. The number of hydrogen-bond donors (Lipinski definition) is 1. The van der Waals surface area contributed by atoms with E-state index in [1.807, 2.05) is 18.5 Å². The highest BCUT2D eigenvalue weighted by molar-refractivity contribution is 7.14. The Kier molecular flexibility index (Phi) is 4.80. The average Bonchev–Trinajstić information content (AvgIpc) is 3.01. The maximum atomic E-state index is 11.5. The summed E-state index contributed by atoms with van der Waals surface area (Å²) in [6.07, 6.45) is 2.59. The topological polar surface area (TPSA) is 89.9 Å². The molecule has 2 N–H and O–H groups in total. The molecule has 8 heteroatoms. The third kappa shape index (κ3) is 3.40. The molecule has 0 saturated carbocycles. The minimum Gasteiger partial charge on any atom is -0.330 e. The van der Waals surface area contributed by atoms with E-state index in [1.165, 1.54) is 11.3 Å². The molecule has 0 aliphatic rings. The molecule has 2 heterocycles. The van der Waals surface area contributed by atoms with Crippen molar-refractivity contribution in [3.8, 4) is 0 Å². The van der Waals surface area contributed by atoms with E-state index < -0.39 is 0 Å². The van der Waals surface area contributed by atoms with Gasteiger partial charge in [0.05, 0.1) is 17.9 Å². The fourth-order valence-electron chi connectivity index (χ4n) is 1.83. The first kappa shape index (κ1) is 14.6. The highest BCUT2D eigenvalue weighted by Crippen LogP contribution is 2.21. The second-order valence-corrected chi connectivity index (χ2v) is 5.17. The van der Waals surface area contributed by atoms with Gasteiger partial charge in [0.1, 0.15) is 0 Å². The zero-order valence-electron chi connectivity index (χ0n) is 11.6. The van der Waals surface area contributed by atoms with Crippen LogP contribution in [0.25, 0.3) is 0 Å². The number of anilines is 1. The van der Waals surface area contributed by atoms with E-state index in [-0.39, 0.29) is 5.91 Å². The molecule has 0 atom stereocenters. The van der Waals surface area contributed by atoms with Gasteiger partial charge in [-0.2, -0.15) is 0 Å². The van der Waals surface area contributed by atoms with E-state index in [0.717, 1.165) is 22.9 Å². The molecule has 1 amide bonds. The van der Waals surface area contributed by atoms with Crippen molar-refractivity contribution in [1.82, 2.24) is 20.0 Å². The molecular formula is C12H18N6OS. The zero-order chi connectivity index (χ0) is 14.5. The normalized spacial score (nSPS) is 10.8. The van der Waals surface area contributed by atoms with Gasteiger partial charge in [-0.05, 0) is 13.5 Å². The lowest BCUT2D eigenvalue weighted by atomic mass is 10.3. The van der Waals surface area contributed by atoms with Crippen molar-refractivity contribution < 1.29 is 4.79 Å². The van der Waals surface area contributed by atoms with Crippen molar-refractivity contribution in [2.24, 2.45) is 5.73 Å². The Hall–Kier alpha value is -1.80. The lowest BCUT2D eigenvalue weighted by Gasteiger charge is -2.14. The van der Waals surface area contributed by atoms with Crippen molar-refractivity contribution in [2.75, 3.05) is 18.0 Å². The molecule has 0 aliphatic carbocycles. The van der Waals surface area contributed by atoms with Gasteiger partial charge in [0, 0.05) is 31.5 Å². The van der Waals surface area contributed by atoms with Crippen molar-refractivity contribution in [1.29, 1.82) is 0 Å². The monoisotopic (exact) mass is 294 g/mol. The predicted octanol–water partition coefficient (Wildman–Crippen LogP) is 0.657. The summed E-state index contributed by atoms with van der Waals surface area (Å²) in [7, 11) is 0. The molecule has 0 aliphatic heterocycles. The van der Waals surface area contributed by atoms with E-state index in [4.69, 9.17) is 5.73 Å².